The number of nitrogens with one attached hydrogen (secondary N) is 1. The van der Waals surface area contributed by atoms with E-state index < -0.39 is 0 Å². The predicted octanol–water partition coefficient (Wildman–Crippen LogP) is 3.41. The van der Waals surface area contributed by atoms with Crippen LogP contribution in [0, 0.1) is 6.92 Å². The largest absolute Gasteiger partial charge is 0.399 e. The fourth-order valence-electron chi connectivity index (χ4n) is 1.99. The minimum atomic E-state index is -0.0792. The van der Waals surface area contributed by atoms with Gasteiger partial charge in [0.05, 0.1) is 12.2 Å². The molecule has 3 N–H and O–H groups in total. The van der Waals surface area contributed by atoms with Crippen LogP contribution >= 0.6 is 15.9 Å². The smallest absolute Gasteiger partial charge is 0.243 e. The Morgan fingerprint density at radius 1 is 1.29 bits per heavy atom. The van der Waals surface area contributed by atoms with Gasteiger partial charge in [0.15, 0.2) is 0 Å². The van der Waals surface area contributed by atoms with Gasteiger partial charge in [-0.15, -0.1) is 0 Å². The Balaban J connectivity index is 2.01. The maximum atomic E-state index is 12.1. The standard InChI is InChI=1S/C16H18BrN3O/c1-11-4-3-5-13(8-11)20(2)10-16(21)19-15-7-6-12(18)9-14(15)17/h3-9H,10,18H2,1-2H3,(H,19,21). The molecule has 2 aromatic rings. The monoisotopic (exact) mass is 347 g/mol. The van der Waals surface area contributed by atoms with Crippen molar-refractivity contribution < 1.29 is 4.79 Å². The number of nitrogen functional groups attached to an aromatic ring is 1. The lowest BCUT2D eigenvalue weighted by atomic mass is 10.2. The Bertz CT molecular complexity index is 658. The van der Waals surface area contributed by atoms with Crippen molar-refractivity contribution in [2.75, 3.05) is 29.5 Å². The van der Waals surface area contributed by atoms with Gasteiger partial charge in [-0.25, -0.2) is 0 Å². The van der Waals surface area contributed by atoms with Crippen molar-refractivity contribution in [3.63, 3.8) is 0 Å². The summed E-state index contributed by atoms with van der Waals surface area (Å²) in [6.45, 7) is 2.31. The molecule has 21 heavy (non-hydrogen) atoms. The molecule has 0 saturated heterocycles. The van der Waals surface area contributed by atoms with Crippen LogP contribution in [0.2, 0.25) is 0 Å². The number of nitrogens with zero attached hydrogens (tertiary/aromatic N) is 1. The minimum Gasteiger partial charge on any atom is -0.399 e. The second kappa shape index (κ2) is 6.63. The summed E-state index contributed by atoms with van der Waals surface area (Å²) in [5.74, 6) is -0.0792. The number of halogens is 1. The molecule has 110 valence electrons. The van der Waals surface area contributed by atoms with Crippen molar-refractivity contribution in [2.24, 2.45) is 0 Å². The van der Waals surface area contributed by atoms with Crippen LogP contribution < -0.4 is 16.0 Å². The summed E-state index contributed by atoms with van der Waals surface area (Å²) in [5.41, 5.74) is 9.23. The van der Waals surface area contributed by atoms with Gasteiger partial charge >= 0.3 is 0 Å². The average Bonchev–Trinajstić information content (AvgIpc) is 2.42. The minimum absolute atomic E-state index is 0.0792. The van der Waals surface area contributed by atoms with E-state index in [2.05, 4.69) is 21.2 Å². The first kappa shape index (κ1) is 15.4. The Hall–Kier alpha value is -2.01. The molecular formula is C16H18BrN3O. The zero-order valence-electron chi connectivity index (χ0n) is 12.1. The summed E-state index contributed by atoms with van der Waals surface area (Å²) in [6.07, 6.45) is 0. The van der Waals surface area contributed by atoms with E-state index in [0.29, 0.717) is 11.4 Å². The second-order valence-corrected chi connectivity index (χ2v) is 5.84. The molecule has 0 atom stereocenters. The maximum absolute atomic E-state index is 12.1. The number of likely N-dealkylation sites (N-methyl/N-ethyl adjacent to an activating group) is 1. The lowest BCUT2D eigenvalue weighted by Crippen LogP contribution is -2.30. The molecule has 0 heterocycles. The molecule has 0 aliphatic heterocycles. The molecule has 2 aromatic carbocycles. The highest BCUT2D eigenvalue weighted by Gasteiger charge is 2.09. The van der Waals surface area contributed by atoms with E-state index in [1.165, 1.54) is 5.56 Å². The Labute approximate surface area is 133 Å². The van der Waals surface area contributed by atoms with Crippen LogP contribution in [-0.2, 0) is 4.79 Å². The Morgan fingerprint density at radius 3 is 2.71 bits per heavy atom. The highest BCUT2D eigenvalue weighted by atomic mass is 79.9. The van der Waals surface area contributed by atoms with Crippen LogP contribution in [0.3, 0.4) is 0 Å². The van der Waals surface area contributed by atoms with Crippen LogP contribution in [0.5, 0.6) is 0 Å². The SMILES string of the molecule is Cc1cccc(N(C)CC(=O)Nc2ccc(N)cc2Br)c1. The molecule has 0 fully saturated rings. The summed E-state index contributed by atoms with van der Waals surface area (Å²) < 4.78 is 0.772. The van der Waals surface area contributed by atoms with Crippen LogP contribution in [0.4, 0.5) is 17.1 Å². The van der Waals surface area contributed by atoms with Gasteiger partial charge in [-0.05, 0) is 58.7 Å². The van der Waals surface area contributed by atoms with Crippen LogP contribution in [0.25, 0.3) is 0 Å². The van der Waals surface area contributed by atoms with Gasteiger partial charge in [0.1, 0.15) is 0 Å². The summed E-state index contributed by atoms with van der Waals surface area (Å²) in [6, 6.07) is 13.3. The fraction of sp³-hybridized carbons (Fsp3) is 0.188. The summed E-state index contributed by atoms with van der Waals surface area (Å²) in [7, 11) is 1.90. The average molecular weight is 348 g/mol. The third-order valence-corrected chi connectivity index (χ3v) is 3.75. The molecule has 0 radical (unpaired) electrons. The van der Waals surface area contributed by atoms with E-state index in [1.54, 1.807) is 18.2 Å². The van der Waals surface area contributed by atoms with Gasteiger partial charge < -0.3 is 16.0 Å². The van der Waals surface area contributed by atoms with Crippen LogP contribution in [0.15, 0.2) is 46.9 Å². The highest BCUT2D eigenvalue weighted by molar-refractivity contribution is 9.10. The number of rotatable bonds is 4. The molecule has 5 heteroatoms. The van der Waals surface area contributed by atoms with Crippen molar-refractivity contribution in [3.05, 3.63) is 52.5 Å². The molecule has 4 nitrogen and oxygen atoms in total. The number of amides is 1. The van der Waals surface area contributed by atoms with Gasteiger partial charge in [-0.1, -0.05) is 12.1 Å². The Kier molecular flexibility index (Phi) is 4.85. The fourth-order valence-corrected chi connectivity index (χ4v) is 2.49. The van der Waals surface area contributed by atoms with E-state index in [4.69, 9.17) is 5.73 Å². The van der Waals surface area contributed by atoms with E-state index in [-0.39, 0.29) is 12.5 Å². The van der Waals surface area contributed by atoms with Gasteiger partial charge in [-0.2, -0.15) is 0 Å². The highest BCUT2D eigenvalue weighted by Crippen LogP contribution is 2.24. The lowest BCUT2D eigenvalue weighted by Gasteiger charge is -2.19. The predicted molar refractivity (Wildman–Crippen MR) is 91.6 cm³/mol. The van der Waals surface area contributed by atoms with Crippen LogP contribution in [0.1, 0.15) is 5.56 Å². The zero-order chi connectivity index (χ0) is 15.4. The molecule has 0 aliphatic rings. The van der Waals surface area contributed by atoms with E-state index in [0.717, 1.165) is 10.2 Å². The van der Waals surface area contributed by atoms with E-state index >= 15 is 0 Å². The van der Waals surface area contributed by atoms with Crippen molar-refractivity contribution >= 4 is 38.9 Å². The molecule has 0 saturated carbocycles. The number of nitrogens with two attached hydrogens (primary N) is 1. The quantitative estimate of drug-likeness (QED) is 0.833. The van der Waals surface area contributed by atoms with Gasteiger partial charge in [0.2, 0.25) is 5.91 Å². The molecule has 0 unspecified atom stereocenters. The van der Waals surface area contributed by atoms with Crippen molar-refractivity contribution in [1.29, 1.82) is 0 Å². The zero-order valence-corrected chi connectivity index (χ0v) is 13.6. The number of aryl methyl sites for hydroxylation is 1. The normalized spacial score (nSPS) is 10.2. The summed E-state index contributed by atoms with van der Waals surface area (Å²) in [5, 5.41) is 2.87. The number of carbonyl (C=O) groups excluding carboxylic acids is 1. The molecule has 0 aliphatic carbocycles. The molecule has 1 amide bonds. The second-order valence-electron chi connectivity index (χ2n) is 4.98. The van der Waals surface area contributed by atoms with E-state index in [1.807, 2.05) is 43.1 Å². The number of carbonyl (C=O) groups is 1. The van der Waals surface area contributed by atoms with Gasteiger partial charge in [-0.3, -0.25) is 4.79 Å². The number of hydrogen-bond donors (Lipinski definition) is 2. The maximum Gasteiger partial charge on any atom is 0.243 e. The lowest BCUT2D eigenvalue weighted by molar-refractivity contribution is -0.114. The van der Waals surface area contributed by atoms with Gasteiger partial charge in [0, 0.05) is 22.9 Å². The van der Waals surface area contributed by atoms with E-state index in [9.17, 15) is 4.79 Å². The summed E-state index contributed by atoms with van der Waals surface area (Å²) >= 11 is 3.39. The summed E-state index contributed by atoms with van der Waals surface area (Å²) in [4.78, 5) is 14.0. The van der Waals surface area contributed by atoms with Crippen molar-refractivity contribution in [1.82, 2.24) is 0 Å². The molecule has 0 bridgehead atoms. The van der Waals surface area contributed by atoms with Crippen molar-refractivity contribution in [3.8, 4) is 0 Å². The molecule has 0 aromatic heterocycles. The van der Waals surface area contributed by atoms with Gasteiger partial charge in [0.25, 0.3) is 0 Å². The first-order chi connectivity index (χ1) is 9.95. The molecule has 0 spiro atoms. The molecular weight excluding hydrogens is 330 g/mol. The third-order valence-electron chi connectivity index (χ3n) is 3.09. The van der Waals surface area contributed by atoms with Crippen molar-refractivity contribution in [2.45, 2.75) is 6.92 Å². The number of anilines is 3. The van der Waals surface area contributed by atoms with Crippen LogP contribution in [-0.4, -0.2) is 19.5 Å². The first-order valence-electron chi connectivity index (χ1n) is 6.58. The Morgan fingerprint density at radius 2 is 2.05 bits per heavy atom. The third kappa shape index (κ3) is 4.23. The number of benzene rings is 2. The first-order valence-corrected chi connectivity index (χ1v) is 7.37. The topological polar surface area (TPSA) is 58.4 Å². The molecule has 2 rings (SSSR count). The number of hydrogen-bond acceptors (Lipinski definition) is 3.